The van der Waals surface area contributed by atoms with Crippen LogP contribution in [0.15, 0.2) is 16.8 Å². The van der Waals surface area contributed by atoms with E-state index in [2.05, 4.69) is 16.9 Å². The number of amidine groups is 1. The van der Waals surface area contributed by atoms with Crippen LogP contribution in [-0.2, 0) is 4.84 Å². The third-order valence-electron chi connectivity index (χ3n) is 6.88. The van der Waals surface area contributed by atoms with E-state index >= 15 is 0 Å². The van der Waals surface area contributed by atoms with Crippen LogP contribution in [0.4, 0.5) is 0 Å². The highest BCUT2D eigenvalue weighted by molar-refractivity contribution is 5.74. The molecule has 0 spiro atoms. The lowest BCUT2D eigenvalue weighted by Gasteiger charge is -2.26. The van der Waals surface area contributed by atoms with Gasteiger partial charge in [0.05, 0.1) is 6.04 Å². The Bertz CT molecular complexity index is 490. The molecule has 4 nitrogen and oxygen atoms in total. The zero-order valence-electron chi connectivity index (χ0n) is 18.7. The number of hydrogen-bond donors (Lipinski definition) is 2. The second-order valence-corrected chi connectivity index (χ2v) is 9.51. The Morgan fingerprint density at radius 3 is 2.03 bits per heavy atom. The molecule has 2 saturated carbocycles. The van der Waals surface area contributed by atoms with Gasteiger partial charge in [0.25, 0.3) is 0 Å². The molecule has 0 bridgehead atoms. The van der Waals surface area contributed by atoms with Crippen molar-refractivity contribution in [3.05, 3.63) is 11.8 Å². The molecule has 0 atom stereocenters. The van der Waals surface area contributed by atoms with E-state index < -0.39 is 0 Å². The first-order valence-corrected chi connectivity index (χ1v) is 12.9. The fourth-order valence-electron chi connectivity index (χ4n) is 5.00. The largest absolute Gasteiger partial charge is 0.343 e. The van der Waals surface area contributed by atoms with Crippen molar-refractivity contribution in [3.8, 4) is 0 Å². The van der Waals surface area contributed by atoms with Crippen LogP contribution in [0.3, 0.4) is 0 Å². The molecular formula is C25H45N3O. The van der Waals surface area contributed by atoms with Gasteiger partial charge in [-0.25, -0.2) is 10.5 Å². The molecule has 0 radical (unpaired) electrons. The van der Waals surface area contributed by atoms with E-state index in [4.69, 9.17) is 9.83 Å². The van der Waals surface area contributed by atoms with E-state index in [1.54, 1.807) is 0 Å². The molecule has 0 aromatic rings. The lowest BCUT2D eigenvalue weighted by molar-refractivity contribution is 0.187. The van der Waals surface area contributed by atoms with Crippen LogP contribution in [0, 0.1) is 0 Å². The number of rotatable bonds is 4. The molecule has 3 aliphatic rings. The van der Waals surface area contributed by atoms with E-state index in [1.807, 2.05) is 0 Å². The molecule has 3 rings (SSSR count). The molecule has 166 valence electrons. The second-order valence-electron chi connectivity index (χ2n) is 9.51. The van der Waals surface area contributed by atoms with Gasteiger partial charge < -0.3 is 10.2 Å². The summed E-state index contributed by atoms with van der Waals surface area (Å²) in [5, 5.41) is 3.65. The maximum Gasteiger partial charge on any atom is 0.312 e. The Hall–Kier alpha value is -1.19. The van der Waals surface area contributed by atoms with Crippen LogP contribution < -0.4 is 10.8 Å². The summed E-state index contributed by atoms with van der Waals surface area (Å²) in [5.74, 6) is 0. The molecule has 3 aliphatic carbocycles. The van der Waals surface area contributed by atoms with Gasteiger partial charge in [-0.1, -0.05) is 83.1 Å². The molecule has 0 aliphatic heterocycles. The average Bonchev–Trinajstić information content (AvgIpc) is 2.75. The summed E-state index contributed by atoms with van der Waals surface area (Å²) in [6.45, 7) is 0. The minimum atomic E-state index is 0.432. The van der Waals surface area contributed by atoms with Crippen LogP contribution in [-0.4, -0.2) is 18.1 Å². The summed E-state index contributed by atoms with van der Waals surface area (Å²) in [6.07, 6.45) is 28.4. The molecule has 0 amide bonds. The number of aliphatic imine (C=N–C) groups is 1. The van der Waals surface area contributed by atoms with Gasteiger partial charge in [-0.2, -0.15) is 0 Å². The number of allylic oxidation sites excluding steroid dienone is 2. The SMILES string of the molecule is C1=C(NOC(=NC2CCCCC2)NC2CCCCC2)CCCCCCCCCC1. The lowest BCUT2D eigenvalue weighted by atomic mass is 9.95. The van der Waals surface area contributed by atoms with Gasteiger partial charge in [0.15, 0.2) is 0 Å². The van der Waals surface area contributed by atoms with Crippen molar-refractivity contribution in [3.63, 3.8) is 0 Å². The summed E-state index contributed by atoms with van der Waals surface area (Å²) in [7, 11) is 0. The number of hydroxylamine groups is 1. The molecule has 29 heavy (non-hydrogen) atoms. The van der Waals surface area contributed by atoms with Crippen LogP contribution in [0.2, 0.25) is 0 Å². The van der Waals surface area contributed by atoms with Crippen LogP contribution in [0.1, 0.15) is 128 Å². The first-order chi connectivity index (χ1) is 14.4. The van der Waals surface area contributed by atoms with Crippen molar-refractivity contribution >= 4 is 6.02 Å². The average molecular weight is 404 g/mol. The third-order valence-corrected chi connectivity index (χ3v) is 6.88. The molecular weight excluding hydrogens is 358 g/mol. The summed E-state index contributed by atoms with van der Waals surface area (Å²) >= 11 is 0. The zero-order valence-corrected chi connectivity index (χ0v) is 18.7. The van der Waals surface area contributed by atoms with Gasteiger partial charge >= 0.3 is 6.02 Å². The molecule has 2 N–H and O–H groups in total. The third kappa shape index (κ3) is 9.44. The van der Waals surface area contributed by atoms with Crippen molar-refractivity contribution in [2.24, 2.45) is 4.99 Å². The maximum absolute atomic E-state index is 6.13. The topological polar surface area (TPSA) is 45.6 Å². The van der Waals surface area contributed by atoms with E-state index in [0.29, 0.717) is 12.1 Å². The van der Waals surface area contributed by atoms with E-state index in [9.17, 15) is 0 Å². The van der Waals surface area contributed by atoms with Crippen LogP contribution in [0.5, 0.6) is 0 Å². The van der Waals surface area contributed by atoms with Gasteiger partial charge in [-0.15, -0.1) is 0 Å². The second kappa shape index (κ2) is 13.9. The van der Waals surface area contributed by atoms with Gasteiger partial charge in [0.1, 0.15) is 0 Å². The van der Waals surface area contributed by atoms with Gasteiger partial charge in [0, 0.05) is 11.7 Å². The molecule has 0 heterocycles. The number of nitrogens with zero attached hydrogens (tertiary/aromatic N) is 1. The maximum atomic E-state index is 6.13. The quantitative estimate of drug-likeness (QED) is 0.304. The Morgan fingerprint density at radius 2 is 1.31 bits per heavy atom. The molecule has 0 aromatic carbocycles. The summed E-state index contributed by atoms with van der Waals surface area (Å²) in [5.41, 5.74) is 4.58. The van der Waals surface area contributed by atoms with Crippen molar-refractivity contribution < 1.29 is 4.84 Å². The van der Waals surface area contributed by atoms with Crippen molar-refractivity contribution in [1.29, 1.82) is 0 Å². The summed E-state index contributed by atoms with van der Waals surface area (Å²) in [4.78, 5) is 11.1. The van der Waals surface area contributed by atoms with Crippen LogP contribution in [0.25, 0.3) is 0 Å². The van der Waals surface area contributed by atoms with Crippen molar-refractivity contribution in [2.75, 3.05) is 0 Å². The number of nitrogens with one attached hydrogen (secondary N) is 2. The van der Waals surface area contributed by atoms with Gasteiger partial charge in [-0.05, 0) is 51.4 Å². The minimum Gasteiger partial charge on any atom is -0.343 e. The smallest absolute Gasteiger partial charge is 0.312 e. The monoisotopic (exact) mass is 403 g/mol. The highest BCUT2D eigenvalue weighted by atomic mass is 16.7. The molecule has 4 heteroatoms. The fourth-order valence-corrected chi connectivity index (χ4v) is 5.00. The molecule has 2 fully saturated rings. The normalized spacial score (nSPS) is 24.7. The minimum absolute atomic E-state index is 0.432. The Labute approximate surface area is 179 Å². The highest BCUT2D eigenvalue weighted by Gasteiger charge is 2.19. The molecule has 0 unspecified atom stereocenters. The van der Waals surface area contributed by atoms with Crippen LogP contribution >= 0.6 is 0 Å². The first kappa shape index (κ1) is 22.5. The predicted molar refractivity (Wildman–Crippen MR) is 123 cm³/mol. The van der Waals surface area contributed by atoms with E-state index in [1.165, 1.54) is 121 Å². The van der Waals surface area contributed by atoms with E-state index in [0.717, 1.165) is 18.9 Å². The fraction of sp³-hybridized carbons (Fsp3) is 0.880. The summed E-state index contributed by atoms with van der Waals surface area (Å²) < 4.78 is 0. The Balaban J connectivity index is 1.55. The standard InChI is InChI=1S/C25H45N3O/c1-2-4-6-10-20-24(21-11-7-5-3-1)28-29-25(26-22-16-12-8-13-17-22)27-23-18-14-9-15-19-23/h20,22-23,28H,1-19,21H2,(H,26,27). The van der Waals surface area contributed by atoms with Crippen molar-refractivity contribution in [2.45, 2.75) is 141 Å². The number of hydrogen-bond acceptors (Lipinski definition) is 3. The Kier molecular flexibility index (Phi) is 10.8. The van der Waals surface area contributed by atoms with Gasteiger partial charge in [-0.3, -0.25) is 0 Å². The molecule has 0 saturated heterocycles. The first-order valence-electron chi connectivity index (χ1n) is 12.9. The lowest BCUT2D eigenvalue weighted by Crippen LogP contribution is -2.41. The molecule has 0 aromatic heterocycles. The van der Waals surface area contributed by atoms with Crippen molar-refractivity contribution in [1.82, 2.24) is 10.8 Å². The zero-order chi connectivity index (χ0) is 20.0. The predicted octanol–water partition coefficient (Wildman–Crippen LogP) is 6.92. The summed E-state index contributed by atoms with van der Waals surface area (Å²) in [6, 6.07) is 1.70. The van der Waals surface area contributed by atoms with Gasteiger partial charge in [0.2, 0.25) is 0 Å². The Morgan fingerprint density at radius 1 is 0.724 bits per heavy atom. The highest BCUT2D eigenvalue weighted by Crippen LogP contribution is 2.22. The van der Waals surface area contributed by atoms with E-state index in [-0.39, 0.29) is 0 Å².